The molecule has 1 atom stereocenters. The largest absolute Gasteiger partial charge is 0.339 e. The zero-order chi connectivity index (χ0) is 13.7. The summed E-state index contributed by atoms with van der Waals surface area (Å²) in [4.78, 5) is 9.40. The first kappa shape index (κ1) is 14.1. The molecule has 1 unspecified atom stereocenters. The SMILES string of the molecule is CCCNC(Cc1nc(-c2cncs2)no1)C(C)C. The number of nitrogens with one attached hydrogen (secondary N) is 1. The molecule has 6 heteroatoms. The van der Waals surface area contributed by atoms with E-state index < -0.39 is 0 Å². The van der Waals surface area contributed by atoms with Gasteiger partial charge >= 0.3 is 0 Å². The quantitative estimate of drug-likeness (QED) is 0.845. The Morgan fingerprint density at radius 3 is 2.89 bits per heavy atom. The first-order valence-corrected chi connectivity index (χ1v) is 7.53. The molecule has 0 aromatic carbocycles. The Morgan fingerprint density at radius 2 is 2.26 bits per heavy atom. The third kappa shape index (κ3) is 3.84. The van der Waals surface area contributed by atoms with Crippen molar-refractivity contribution < 1.29 is 4.52 Å². The zero-order valence-corrected chi connectivity index (χ0v) is 12.4. The molecule has 0 fully saturated rings. The second kappa shape index (κ2) is 6.77. The third-order valence-corrected chi connectivity index (χ3v) is 3.75. The highest BCUT2D eigenvalue weighted by molar-refractivity contribution is 7.13. The fraction of sp³-hybridized carbons (Fsp3) is 0.615. The lowest BCUT2D eigenvalue weighted by atomic mass is 10.0. The van der Waals surface area contributed by atoms with Crippen molar-refractivity contribution in [2.24, 2.45) is 5.92 Å². The van der Waals surface area contributed by atoms with Gasteiger partial charge in [-0.2, -0.15) is 4.98 Å². The van der Waals surface area contributed by atoms with E-state index in [-0.39, 0.29) is 0 Å². The number of thiazole rings is 1. The molecule has 0 aliphatic rings. The van der Waals surface area contributed by atoms with Gasteiger partial charge in [-0.1, -0.05) is 25.9 Å². The van der Waals surface area contributed by atoms with Gasteiger partial charge in [-0.3, -0.25) is 4.98 Å². The van der Waals surface area contributed by atoms with Crippen LogP contribution >= 0.6 is 11.3 Å². The summed E-state index contributed by atoms with van der Waals surface area (Å²) >= 11 is 1.52. The first-order chi connectivity index (χ1) is 9.20. The molecule has 0 bridgehead atoms. The highest BCUT2D eigenvalue weighted by Gasteiger charge is 2.18. The van der Waals surface area contributed by atoms with Crippen LogP contribution in [0.3, 0.4) is 0 Å². The van der Waals surface area contributed by atoms with Crippen LogP contribution in [0, 0.1) is 5.92 Å². The molecule has 5 nitrogen and oxygen atoms in total. The average molecular weight is 280 g/mol. The van der Waals surface area contributed by atoms with Crippen molar-refractivity contribution in [3.63, 3.8) is 0 Å². The van der Waals surface area contributed by atoms with Gasteiger partial charge in [-0.25, -0.2) is 0 Å². The molecule has 0 saturated heterocycles. The highest BCUT2D eigenvalue weighted by atomic mass is 32.1. The predicted octanol–water partition coefficient (Wildman–Crippen LogP) is 2.76. The Labute approximate surface area is 117 Å². The van der Waals surface area contributed by atoms with E-state index in [0.29, 0.717) is 23.7 Å². The molecule has 0 radical (unpaired) electrons. The first-order valence-electron chi connectivity index (χ1n) is 6.65. The van der Waals surface area contributed by atoms with Crippen molar-refractivity contribution in [2.45, 2.75) is 39.7 Å². The Kier molecular flexibility index (Phi) is 5.04. The van der Waals surface area contributed by atoms with Crippen LogP contribution < -0.4 is 5.32 Å². The van der Waals surface area contributed by atoms with Crippen LogP contribution in [-0.2, 0) is 6.42 Å². The van der Waals surface area contributed by atoms with Gasteiger partial charge in [0, 0.05) is 18.7 Å². The van der Waals surface area contributed by atoms with Crippen LogP contribution in [0.2, 0.25) is 0 Å². The van der Waals surface area contributed by atoms with Crippen LogP contribution in [0.1, 0.15) is 33.1 Å². The Hall–Kier alpha value is -1.27. The second-order valence-electron chi connectivity index (χ2n) is 4.89. The van der Waals surface area contributed by atoms with Gasteiger partial charge < -0.3 is 9.84 Å². The fourth-order valence-corrected chi connectivity index (χ4v) is 2.37. The van der Waals surface area contributed by atoms with Crippen LogP contribution in [-0.4, -0.2) is 27.7 Å². The van der Waals surface area contributed by atoms with E-state index in [2.05, 4.69) is 41.2 Å². The predicted molar refractivity (Wildman–Crippen MR) is 76.0 cm³/mol. The maximum atomic E-state index is 5.33. The number of rotatable bonds is 7. The van der Waals surface area contributed by atoms with Crippen LogP contribution in [0.15, 0.2) is 16.2 Å². The standard InChI is InChI=1S/C13H20N4OS/c1-4-5-15-10(9(2)3)6-12-16-13(17-18-12)11-7-14-8-19-11/h7-10,15H,4-6H2,1-3H3. The van der Waals surface area contributed by atoms with E-state index in [4.69, 9.17) is 4.52 Å². The monoisotopic (exact) mass is 280 g/mol. The maximum absolute atomic E-state index is 5.33. The van der Waals surface area contributed by atoms with E-state index in [1.54, 1.807) is 11.7 Å². The molecule has 2 heterocycles. The Balaban J connectivity index is 2.01. The average Bonchev–Trinajstić information content (AvgIpc) is 3.04. The Bertz CT molecular complexity index is 481. The van der Waals surface area contributed by atoms with Crippen molar-refractivity contribution in [2.75, 3.05) is 6.54 Å². The molecule has 2 aromatic rings. The summed E-state index contributed by atoms with van der Waals surface area (Å²) in [5.74, 6) is 1.85. The van der Waals surface area contributed by atoms with E-state index in [9.17, 15) is 0 Å². The molecule has 0 aliphatic carbocycles. The smallest absolute Gasteiger partial charge is 0.228 e. The molecular formula is C13H20N4OS. The number of hydrogen-bond acceptors (Lipinski definition) is 6. The summed E-state index contributed by atoms with van der Waals surface area (Å²) < 4.78 is 5.33. The lowest BCUT2D eigenvalue weighted by Gasteiger charge is -2.20. The molecule has 2 aromatic heterocycles. The van der Waals surface area contributed by atoms with E-state index in [0.717, 1.165) is 24.3 Å². The minimum absolute atomic E-state index is 0.370. The third-order valence-electron chi connectivity index (χ3n) is 2.98. The summed E-state index contributed by atoms with van der Waals surface area (Å²) in [5.41, 5.74) is 1.77. The van der Waals surface area contributed by atoms with Gasteiger partial charge in [-0.05, 0) is 18.9 Å². The van der Waals surface area contributed by atoms with Crippen LogP contribution in [0.5, 0.6) is 0 Å². The van der Waals surface area contributed by atoms with Crippen LogP contribution in [0.25, 0.3) is 10.7 Å². The summed E-state index contributed by atoms with van der Waals surface area (Å²) in [6.07, 6.45) is 3.65. The van der Waals surface area contributed by atoms with Gasteiger partial charge in [-0.15, -0.1) is 11.3 Å². The van der Waals surface area contributed by atoms with Crippen molar-refractivity contribution in [1.82, 2.24) is 20.4 Å². The molecular weight excluding hydrogens is 260 g/mol. The van der Waals surface area contributed by atoms with Gasteiger partial charge in [0.25, 0.3) is 0 Å². The molecule has 0 amide bonds. The molecule has 1 N–H and O–H groups in total. The summed E-state index contributed by atoms with van der Waals surface area (Å²) in [7, 11) is 0. The number of hydrogen-bond donors (Lipinski definition) is 1. The molecule has 2 rings (SSSR count). The van der Waals surface area contributed by atoms with Gasteiger partial charge in [0.1, 0.15) is 0 Å². The van der Waals surface area contributed by atoms with Gasteiger partial charge in [0.2, 0.25) is 11.7 Å². The van der Waals surface area contributed by atoms with E-state index >= 15 is 0 Å². The molecule has 104 valence electrons. The molecule has 0 spiro atoms. The summed E-state index contributed by atoms with van der Waals surface area (Å²) in [6.45, 7) is 7.58. The van der Waals surface area contributed by atoms with Crippen molar-refractivity contribution >= 4 is 11.3 Å². The number of nitrogens with zero attached hydrogens (tertiary/aromatic N) is 3. The van der Waals surface area contributed by atoms with Crippen LogP contribution in [0.4, 0.5) is 0 Å². The Morgan fingerprint density at radius 1 is 1.42 bits per heavy atom. The molecule has 0 aliphatic heterocycles. The highest BCUT2D eigenvalue weighted by Crippen LogP contribution is 2.20. The summed E-state index contributed by atoms with van der Waals surface area (Å²) in [6, 6.07) is 0.370. The van der Waals surface area contributed by atoms with Crippen molar-refractivity contribution in [3.05, 3.63) is 17.6 Å². The lowest BCUT2D eigenvalue weighted by Crippen LogP contribution is -2.36. The number of aromatic nitrogens is 3. The lowest BCUT2D eigenvalue weighted by molar-refractivity contribution is 0.326. The topological polar surface area (TPSA) is 63.8 Å². The van der Waals surface area contributed by atoms with E-state index in [1.807, 2.05) is 0 Å². The zero-order valence-electron chi connectivity index (χ0n) is 11.6. The molecule has 0 saturated carbocycles. The minimum atomic E-state index is 0.370. The van der Waals surface area contributed by atoms with Gasteiger partial charge in [0.15, 0.2) is 0 Å². The van der Waals surface area contributed by atoms with E-state index in [1.165, 1.54) is 11.3 Å². The van der Waals surface area contributed by atoms with Crippen molar-refractivity contribution in [3.8, 4) is 10.7 Å². The van der Waals surface area contributed by atoms with Crippen molar-refractivity contribution in [1.29, 1.82) is 0 Å². The fourth-order valence-electron chi connectivity index (χ4n) is 1.83. The summed E-state index contributed by atoms with van der Waals surface area (Å²) in [5, 5.41) is 7.53. The minimum Gasteiger partial charge on any atom is -0.339 e. The molecule has 19 heavy (non-hydrogen) atoms. The second-order valence-corrected chi connectivity index (χ2v) is 5.77. The maximum Gasteiger partial charge on any atom is 0.228 e. The van der Waals surface area contributed by atoms with Gasteiger partial charge in [0.05, 0.1) is 10.4 Å². The normalized spacial score (nSPS) is 13.1.